The summed E-state index contributed by atoms with van der Waals surface area (Å²) in [4.78, 5) is 44.8. The lowest BCUT2D eigenvalue weighted by atomic mass is 9.98. The van der Waals surface area contributed by atoms with Crippen molar-refractivity contribution in [2.75, 3.05) is 16.8 Å². The number of nitrogens with one attached hydrogen (secondary N) is 2. The molecule has 0 aliphatic heterocycles. The van der Waals surface area contributed by atoms with Gasteiger partial charge in [-0.2, -0.15) is 0 Å². The minimum Gasteiger partial charge on any atom is -0.449 e. The molecular weight excluding hydrogens is 724 g/mol. The Balaban J connectivity index is 1.02. The van der Waals surface area contributed by atoms with Gasteiger partial charge in [0.05, 0.1) is 6.54 Å². The van der Waals surface area contributed by atoms with E-state index in [1.807, 2.05) is 84.9 Å². The Bertz CT molecular complexity index is 2170. The highest BCUT2D eigenvalue weighted by Crippen LogP contribution is 2.44. The van der Waals surface area contributed by atoms with Crippen molar-refractivity contribution in [3.8, 4) is 21.7 Å². The van der Waals surface area contributed by atoms with E-state index in [1.54, 1.807) is 22.4 Å². The molecule has 51 heavy (non-hydrogen) atoms. The van der Waals surface area contributed by atoms with Gasteiger partial charge in [0, 0.05) is 46.2 Å². The van der Waals surface area contributed by atoms with E-state index < -0.39 is 6.09 Å². The molecule has 0 bridgehead atoms. The lowest BCUT2D eigenvalue weighted by Crippen LogP contribution is -2.30. The fourth-order valence-electron chi connectivity index (χ4n) is 6.26. The minimum absolute atomic E-state index is 0.0119. The summed E-state index contributed by atoms with van der Waals surface area (Å²) in [6.45, 7) is 2.30. The van der Waals surface area contributed by atoms with Crippen LogP contribution >= 0.6 is 27.3 Å². The summed E-state index contributed by atoms with van der Waals surface area (Å²) >= 11 is 4.86. The van der Waals surface area contributed by atoms with Crippen molar-refractivity contribution in [3.05, 3.63) is 159 Å². The number of halogens is 1. The molecule has 0 saturated carbocycles. The lowest BCUT2D eigenvalue weighted by Gasteiger charge is -2.22. The number of hydrogen-bond donors (Lipinski definition) is 2. The van der Waals surface area contributed by atoms with E-state index in [9.17, 15) is 14.4 Å². The normalized spacial score (nSPS) is 11.7. The molecule has 0 spiro atoms. The molecule has 1 aromatic heterocycles. The first-order chi connectivity index (χ1) is 24.8. The monoisotopic (exact) mass is 756 g/mol. The van der Waals surface area contributed by atoms with Gasteiger partial charge in [0.25, 0.3) is 5.91 Å². The van der Waals surface area contributed by atoms with Crippen molar-refractivity contribution in [1.29, 1.82) is 0 Å². The fraction of sp³-hybridized carbons (Fsp3) is 0.122. The van der Waals surface area contributed by atoms with Gasteiger partial charge in [0.1, 0.15) is 17.3 Å². The molecule has 1 heterocycles. The van der Waals surface area contributed by atoms with Gasteiger partial charge >= 0.3 is 6.09 Å². The highest BCUT2D eigenvalue weighted by Gasteiger charge is 2.29. The Morgan fingerprint density at radius 2 is 1.51 bits per heavy atom. The number of nitrogens with zero attached hydrogens (tertiary/aromatic N) is 2. The minimum atomic E-state index is -0.486. The van der Waals surface area contributed by atoms with Crippen molar-refractivity contribution < 1.29 is 19.1 Å². The second kappa shape index (κ2) is 15.1. The van der Waals surface area contributed by atoms with Crippen molar-refractivity contribution in [3.63, 3.8) is 0 Å². The predicted octanol–water partition coefficient (Wildman–Crippen LogP) is 9.42. The molecule has 1 aliphatic carbocycles. The highest BCUT2D eigenvalue weighted by molar-refractivity contribution is 9.10. The van der Waals surface area contributed by atoms with Gasteiger partial charge in [-0.3, -0.25) is 9.59 Å². The Hall–Kier alpha value is -5.58. The molecule has 254 valence electrons. The molecule has 7 rings (SSSR count). The zero-order valence-electron chi connectivity index (χ0n) is 27.6. The largest absolute Gasteiger partial charge is 0.449 e. The van der Waals surface area contributed by atoms with E-state index >= 15 is 0 Å². The molecule has 10 heteroatoms. The lowest BCUT2D eigenvalue weighted by molar-refractivity contribution is -0.114. The van der Waals surface area contributed by atoms with Crippen LogP contribution in [0.2, 0.25) is 0 Å². The summed E-state index contributed by atoms with van der Waals surface area (Å²) in [5, 5.41) is 8.10. The predicted molar refractivity (Wildman–Crippen MR) is 205 cm³/mol. The third-order valence-corrected chi connectivity index (χ3v) is 10.1. The first-order valence-corrected chi connectivity index (χ1v) is 18.1. The molecular formula is C41H33BrN4O4S. The first-order valence-electron chi connectivity index (χ1n) is 16.4. The van der Waals surface area contributed by atoms with Crippen LogP contribution in [0.4, 0.5) is 16.2 Å². The van der Waals surface area contributed by atoms with Gasteiger partial charge < -0.3 is 20.3 Å². The summed E-state index contributed by atoms with van der Waals surface area (Å²) in [7, 11) is 0. The Morgan fingerprint density at radius 1 is 0.824 bits per heavy atom. The SMILES string of the molecule is CC(=O)Nc1ccc(N(Cc2ccc(Br)cc2)C(=O)c2csc(-c3cccc(CNC(=O)OCC4c5ccccc5-c5ccccc54)c3)n2)cc1. The maximum absolute atomic E-state index is 14.0. The van der Waals surface area contributed by atoms with Crippen LogP contribution in [0.3, 0.4) is 0 Å². The highest BCUT2D eigenvalue weighted by atomic mass is 79.9. The fourth-order valence-corrected chi connectivity index (χ4v) is 7.32. The molecule has 0 unspecified atom stereocenters. The first kappa shape index (κ1) is 33.9. The van der Waals surface area contributed by atoms with Crippen molar-refractivity contribution in [2.24, 2.45) is 0 Å². The Labute approximate surface area is 308 Å². The second-order valence-electron chi connectivity index (χ2n) is 12.2. The van der Waals surface area contributed by atoms with Gasteiger partial charge in [0.15, 0.2) is 0 Å². The van der Waals surface area contributed by atoms with E-state index in [4.69, 9.17) is 9.72 Å². The summed E-state index contributed by atoms with van der Waals surface area (Å²) in [6.07, 6.45) is -0.486. The summed E-state index contributed by atoms with van der Waals surface area (Å²) in [6, 6.07) is 39.2. The molecule has 6 aromatic rings. The number of amides is 3. The van der Waals surface area contributed by atoms with Crippen LogP contribution in [-0.4, -0.2) is 29.5 Å². The number of carbonyl (C=O) groups excluding carboxylic acids is 3. The summed E-state index contributed by atoms with van der Waals surface area (Å²) < 4.78 is 6.66. The molecule has 0 saturated heterocycles. The van der Waals surface area contributed by atoms with Crippen molar-refractivity contribution in [2.45, 2.75) is 25.9 Å². The zero-order valence-corrected chi connectivity index (χ0v) is 30.0. The summed E-state index contributed by atoms with van der Waals surface area (Å²) in [5.41, 5.74) is 8.99. The molecule has 0 atom stereocenters. The van der Waals surface area contributed by atoms with Gasteiger partial charge in [0.2, 0.25) is 5.91 Å². The van der Waals surface area contributed by atoms with Crippen LogP contribution in [-0.2, 0) is 22.6 Å². The Kier molecular flexibility index (Phi) is 10.0. The molecule has 3 amide bonds. The summed E-state index contributed by atoms with van der Waals surface area (Å²) in [5.74, 6) is -0.430. The average Bonchev–Trinajstić information content (AvgIpc) is 3.77. The molecule has 8 nitrogen and oxygen atoms in total. The van der Waals surface area contributed by atoms with Gasteiger partial charge in [-0.1, -0.05) is 94.8 Å². The van der Waals surface area contributed by atoms with E-state index in [0.29, 0.717) is 28.6 Å². The van der Waals surface area contributed by atoms with Gasteiger partial charge in [-0.05, 0) is 75.8 Å². The number of ether oxygens (including phenoxy) is 1. The maximum Gasteiger partial charge on any atom is 0.407 e. The van der Waals surface area contributed by atoms with E-state index in [0.717, 1.165) is 32.3 Å². The maximum atomic E-state index is 14.0. The third kappa shape index (κ3) is 7.77. The van der Waals surface area contributed by atoms with Gasteiger partial charge in [-0.15, -0.1) is 11.3 Å². The van der Waals surface area contributed by atoms with E-state index in [1.165, 1.54) is 29.4 Å². The van der Waals surface area contributed by atoms with E-state index in [-0.39, 0.29) is 30.9 Å². The van der Waals surface area contributed by atoms with Crippen molar-refractivity contribution >= 4 is 56.5 Å². The molecule has 1 aliphatic rings. The third-order valence-electron chi connectivity index (χ3n) is 8.68. The van der Waals surface area contributed by atoms with Crippen LogP contribution < -0.4 is 15.5 Å². The molecule has 5 aromatic carbocycles. The number of hydrogen-bond acceptors (Lipinski definition) is 6. The molecule has 0 fully saturated rings. The Morgan fingerprint density at radius 3 is 2.20 bits per heavy atom. The van der Waals surface area contributed by atoms with Crippen LogP contribution in [0.1, 0.15) is 45.6 Å². The number of thiazole rings is 1. The zero-order chi connectivity index (χ0) is 35.3. The van der Waals surface area contributed by atoms with Crippen LogP contribution in [0, 0.1) is 0 Å². The topological polar surface area (TPSA) is 101 Å². The number of rotatable bonds is 10. The number of aromatic nitrogens is 1. The smallest absolute Gasteiger partial charge is 0.407 e. The molecule has 2 N–H and O–H groups in total. The second-order valence-corrected chi connectivity index (χ2v) is 13.9. The number of anilines is 2. The van der Waals surface area contributed by atoms with Crippen LogP contribution in [0.25, 0.3) is 21.7 Å². The average molecular weight is 758 g/mol. The number of fused-ring (bicyclic) bond motifs is 3. The van der Waals surface area contributed by atoms with Crippen molar-refractivity contribution in [1.82, 2.24) is 10.3 Å². The number of benzene rings is 5. The number of alkyl carbamates (subject to hydrolysis) is 1. The van der Waals surface area contributed by atoms with Crippen LogP contribution in [0.5, 0.6) is 0 Å². The van der Waals surface area contributed by atoms with E-state index in [2.05, 4.69) is 50.8 Å². The molecule has 0 radical (unpaired) electrons. The van der Waals surface area contributed by atoms with Crippen LogP contribution in [0.15, 0.2) is 131 Å². The number of carbonyl (C=O) groups is 3. The quantitative estimate of drug-likeness (QED) is 0.145. The standard InChI is InChI=1S/C41H33BrN4O4S/c1-26(47)44-31-17-19-32(20-18-31)46(23-27-13-15-30(42)16-14-27)40(48)38-25-51-39(45-38)29-8-6-7-28(21-29)22-43-41(49)50-24-37-35-11-4-2-9-33(35)34-10-3-5-12-36(34)37/h2-21,25,37H,22-24H2,1H3,(H,43,49)(H,44,47). The van der Waals surface area contributed by atoms with Gasteiger partial charge in [-0.25, -0.2) is 9.78 Å².